The lowest BCUT2D eigenvalue weighted by molar-refractivity contribution is 0.796. The molecule has 144 valence electrons. The van der Waals surface area contributed by atoms with E-state index in [0.717, 1.165) is 46.7 Å². The van der Waals surface area contributed by atoms with Gasteiger partial charge < -0.3 is 10.6 Å². The molecular formula is C19H24IN5S2. The van der Waals surface area contributed by atoms with Crippen LogP contribution in [0.15, 0.2) is 46.9 Å². The van der Waals surface area contributed by atoms with E-state index in [0.29, 0.717) is 6.54 Å². The standard InChI is InChI=1S/C19H23N5S2.HI/c1-3-20-19(21-10-9-17-22-11-14(2)26-17)23-12-18-24-16(13-25-18)15-7-5-4-6-8-15;/h4-8,11,13H,3,9-10,12H2,1-2H3,(H2,20,21,23);1H. The Hall–Kier alpha value is -1.52. The van der Waals surface area contributed by atoms with E-state index < -0.39 is 0 Å². The predicted octanol–water partition coefficient (Wildman–Crippen LogP) is 4.49. The smallest absolute Gasteiger partial charge is 0.191 e. The van der Waals surface area contributed by atoms with E-state index in [-0.39, 0.29) is 24.0 Å². The number of aryl methyl sites for hydroxylation is 1. The van der Waals surface area contributed by atoms with E-state index in [1.807, 2.05) is 24.4 Å². The minimum atomic E-state index is 0. The molecule has 0 aliphatic carbocycles. The van der Waals surface area contributed by atoms with Gasteiger partial charge in [0.15, 0.2) is 5.96 Å². The predicted molar refractivity (Wildman–Crippen MR) is 126 cm³/mol. The van der Waals surface area contributed by atoms with Crippen LogP contribution in [0.5, 0.6) is 0 Å². The highest BCUT2D eigenvalue weighted by Crippen LogP contribution is 2.21. The van der Waals surface area contributed by atoms with Crippen molar-refractivity contribution in [3.63, 3.8) is 0 Å². The van der Waals surface area contributed by atoms with E-state index >= 15 is 0 Å². The molecule has 0 unspecified atom stereocenters. The molecule has 0 radical (unpaired) electrons. The largest absolute Gasteiger partial charge is 0.357 e. The minimum Gasteiger partial charge on any atom is -0.357 e. The van der Waals surface area contributed by atoms with E-state index in [4.69, 9.17) is 4.98 Å². The van der Waals surface area contributed by atoms with Crippen LogP contribution in [-0.4, -0.2) is 29.0 Å². The van der Waals surface area contributed by atoms with Crippen LogP contribution < -0.4 is 10.6 Å². The highest BCUT2D eigenvalue weighted by molar-refractivity contribution is 14.0. The number of aromatic nitrogens is 2. The Morgan fingerprint density at radius 1 is 1.15 bits per heavy atom. The zero-order chi connectivity index (χ0) is 18.2. The first-order valence-electron chi connectivity index (χ1n) is 8.68. The summed E-state index contributed by atoms with van der Waals surface area (Å²) in [5, 5.41) is 10.9. The number of nitrogens with zero attached hydrogens (tertiary/aromatic N) is 3. The van der Waals surface area contributed by atoms with Crippen LogP contribution >= 0.6 is 46.7 Å². The van der Waals surface area contributed by atoms with Gasteiger partial charge in [-0.1, -0.05) is 30.3 Å². The molecule has 0 spiro atoms. The summed E-state index contributed by atoms with van der Waals surface area (Å²) in [6.07, 6.45) is 2.82. The zero-order valence-corrected chi connectivity index (χ0v) is 19.4. The molecule has 8 heteroatoms. The first-order valence-corrected chi connectivity index (χ1v) is 10.4. The molecule has 3 rings (SSSR count). The summed E-state index contributed by atoms with van der Waals surface area (Å²) in [6.45, 7) is 6.36. The molecule has 3 aromatic rings. The maximum atomic E-state index is 4.69. The van der Waals surface area contributed by atoms with Crippen LogP contribution in [0.1, 0.15) is 21.8 Å². The number of nitrogens with one attached hydrogen (secondary N) is 2. The van der Waals surface area contributed by atoms with Crippen molar-refractivity contribution in [3.8, 4) is 11.3 Å². The van der Waals surface area contributed by atoms with Crippen LogP contribution in [0.25, 0.3) is 11.3 Å². The number of hydrogen-bond donors (Lipinski definition) is 2. The summed E-state index contributed by atoms with van der Waals surface area (Å²) < 4.78 is 0. The van der Waals surface area contributed by atoms with E-state index in [9.17, 15) is 0 Å². The minimum absolute atomic E-state index is 0. The van der Waals surface area contributed by atoms with E-state index in [1.54, 1.807) is 22.7 Å². The van der Waals surface area contributed by atoms with Crippen LogP contribution in [0.4, 0.5) is 0 Å². The summed E-state index contributed by atoms with van der Waals surface area (Å²) in [5.74, 6) is 0.817. The Bertz CT molecular complexity index is 845. The average molecular weight is 513 g/mol. The van der Waals surface area contributed by atoms with Crippen molar-refractivity contribution < 1.29 is 0 Å². The third kappa shape index (κ3) is 6.86. The van der Waals surface area contributed by atoms with Crippen molar-refractivity contribution in [1.29, 1.82) is 0 Å². The zero-order valence-electron chi connectivity index (χ0n) is 15.4. The fourth-order valence-electron chi connectivity index (χ4n) is 2.42. The molecule has 0 aliphatic heterocycles. The molecule has 0 fully saturated rings. The lowest BCUT2D eigenvalue weighted by atomic mass is 10.2. The summed E-state index contributed by atoms with van der Waals surface area (Å²) in [4.78, 5) is 15.0. The number of rotatable bonds is 7. The molecular weight excluding hydrogens is 489 g/mol. The van der Waals surface area contributed by atoms with Gasteiger partial charge in [-0.2, -0.15) is 0 Å². The fraction of sp³-hybridized carbons (Fsp3) is 0.316. The first-order chi connectivity index (χ1) is 12.7. The molecule has 0 bridgehead atoms. The van der Waals surface area contributed by atoms with Gasteiger partial charge in [-0.25, -0.2) is 15.0 Å². The molecule has 0 saturated heterocycles. The highest BCUT2D eigenvalue weighted by Gasteiger charge is 2.05. The van der Waals surface area contributed by atoms with Crippen molar-refractivity contribution in [2.45, 2.75) is 26.8 Å². The van der Waals surface area contributed by atoms with Gasteiger partial charge in [0.25, 0.3) is 0 Å². The van der Waals surface area contributed by atoms with Crippen molar-refractivity contribution in [2.75, 3.05) is 13.1 Å². The van der Waals surface area contributed by atoms with Gasteiger partial charge >= 0.3 is 0 Å². The van der Waals surface area contributed by atoms with Crippen LogP contribution in [0.2, 0.25) is 0 Å². The van der Waals surface area contributed by atoms with Gasteiger partial charge in [0, 0.05) is 41.5 Å². The topological polar surface area (TPSA) is 62.2 Å². The average Bonchev–Trinajstić information content (AvgIpc) is 3.29. The second-order valence-electron chi connectivity index (χ2n) is 5.73. The molecule has 2 N–H and O–H groups in total. The second-order valence-corrected chi connectivity index (χ2v) is 7.99. The number of benzene rings is 1. The van der Waals surface area contributed by atoms with E-state index in [2.05, 4.69) is 52.0 Å². The van der Waals surface area contributed by atoms with Crippen molar-refractivity contribution in [2.24, 2.45) is 4.99 Å². The Morgan fingerprint density at radius 3 is 2.67 bits per heavy atom. The Balaban J connectivity index is 0.00000261. The molecule has 0 amide bonds. The van der Waals surface area contributed by atoms with Crippen LogP contribution in [0.3, 0.4) is 0 Å². The first kappa shape index (κ1) is 21.8. The highest BCUT2D eigenvalue weighted by atomic mass is 127. The molecule has 2 heterocycles. The monoisotopic (exact) mass is 513 g/mol. The molecule has 5 nitrogen and oxygen atoms in total. The number of thiazole rings is 2. The van der Waals surface area contributed by atoms with Gasteiger partial charge in [-0.05, 0) is 13.8 Å². The van der Waals surface area contributed by atoms with Gasteiger partial charge in [0.05, 0.1) is 17.2 Å². The summed E-state index contributed by atoms with van der Waals surface area (Å²) >= 11 is 3.39. The SMILES string of the molecule is CCNC(=NCc1nc(-c2ccccc2)cs1)NCCc1ncc(C)s1.I. The third-order valence-electron chi connectivity index (χ3n) is 3.64. The lowest BCUT2D eigenvalue weighted by Crippen LogP contribution is -2.38. The van der Waals surface area contributed by atoms with Gasteiger partial charge in [0.2, 0.25) is 0 Å². The van der Waals surface area contributed by atoms with Crippen LogP contribution in [-0.2, 0) is 13.0 Å². The quantitative estimate of drug-likeness (QED) is 0.278. The normalized spacial score (nSPS) is 11.1. The van der Waals surface area contributed by atoms with E-state index in [1.165, 1.54) is 4.88 Å². The second kappa shape index (κ2) is 11.4. The molecule has 27 heavy (non-hydrogen) atoms. The Labute approximate surface area is 185 Å². The molecule has 0 atom stereocenters. The van der Waals surface area contributed by atoms with Crippen molar-refractivity contribution >= 4 is 52.6 Å². The summed E-state index contributed by atoms with van der Waals surface area (Å²) in [7, 11) is 0. The fourth-order valence-corrected chi connectivity index (χ4v) is 3.93. The molecule has 2 aromatic heterocycles. The van der Waals surface area contributed by atoms with Crippen molar-refractivity contribution in [3.05, 3.63) is 56.8 Å². The third-order valence-corrected chi connectivity index (χ3v) is 5.44. The maximum absolute atomic E-state index is 4.69. The summed E-state index contributed by atoms with van der Waals surface area (Å²) in [6, 6.07) is 10.2. The van der Waals surface area contributed by atoms with Gasteiger partial charge in [0.1, 0.15) is 5.01 Å². The molecule has 0 aliphatic rings. The van der Waals surface area contributed by atoms with Crippen LogP contribution in [0, 0.1) is 6.92 Å². The molecule has 0 saturated carbocycles. The number of guanidine groups is 1. The number of hydrogen-bond acceptors (Lipinski definition) is 5. The number of halogens is 1. The lowest BCUT2D eigenvalue weighted by Gasteiger charge is -2.10. The maximum Gasteiger partial charge on any atom is 0.191 e. The summed E-state index contributed by atoms with van der Waals surface area (Å²) in [5.41, 5.74) is 2.15. The molecule has 1 aromatic carbocycles. The van der Waals surface area contributed by atoms with Gasteiger partial charge in [-0.15, -0.1) is 46.7 Å². The van der Waals surface area contributed by atoms with Gasteiger partial charge in [-0.3, -0.25) is 0 Å². The Kier molecular flexibility index (Phi) is 9.16. The Morgan fingerprint density at radius 2 is 1.96 bits per heavy atom. The van der Waals surface area contributed by atoms with Crippen molar-refractivity contribution in [1.82, 2.24) is 20.6 Å². The number of aliphatic imine (C=N–C) groups is 1.